The maximum absolute atomic E-state index is 11.7. The molecule has 0 aliphatic carbocycles. The minimum absolute atomic E-state index is 0.00897. The quantitative estimate of drug-likeness (QED) is 0.610. The Balaban J connectivity index is 2.03. The third kappa shape index (κ3) is 2.07. The summed E-state index contributed by atoms with van der Waals surface area (Å²) in [7, 11) is 0. The second-order valence-corrected chi connectivity index (χ2v) is 4.21. The summed E-state index contributed by atoms with van der Waals surface area (Å²) in [5.74, 6) is 0.00897. The third-order valence-electron chi connectivity index (χ3n) is 2.88. The van der Waals surface area contributed by atoms with E-state index < -0.39 is 17.9 Å². The van der Waals surface area contributed by atoms with E-state index in [0.29, 0.717) is 12.3 Å². The normalized spacial score (nSPS) is 23.8. The number of nitrogens with zero attached hydrogens (tertiary/aromatic N) is 3. The van der Waals surface area contributed by atoms with Crippen molar-refractivity contribution in [2.45, 2.75) is 12.3 Å². The summed E-state index contributed by atoms with van der Waals surface area (Å²) in [6, 6.07) is 0. The van der Waals surface area contributed by atoms with Crippen molar-refractivity contribution in [2.75, 3.05) is 25.6 Å². The first kappa shape index (κ1) is 12.1. The Kier molecular flexibility index (Phi) is 2.93. The average Bonchev–Trinajstić information content (AvgIpc) is 2.82. The number of ether oxygens (including phenoxy) is 2. The molecule has 2 aromatic heterocycles. The SMILES string of the molecule is Nc1nc2c(ncn2[C@H]2COC[C@@H](CO)O2)c(=O)[nH]1. The van der Waals surface area contributed by atoms with Gasteiger partial charge in [0.2, 0.25) is 5.95 Å². The van der Waals surface area contributed by atoms with Gasteiger partial charge in [0, 0.05) is 0 Å². The standard InChI is InChI=1S/C10H13N5O4/c11-10-13-8-7(9(17)14-10)12-4-15(8)6-3-18-2-5(1-16)19-6/h4-6,16H,1-3H2,(H3,11,13,14,17)/t5-,6-/m1/s1. The van der Waals surface area contributed by atoms with Crippen LogP contribution in [0.4, 0.5) is 5.95 Å². The first-order chi connectivity index (χ1) is 9.19. The summed E-state index contributed by atoms with van der Waals surface area (Å²) in [5.41, 5.74) is 5.62. The average molecular weight is 267 g/mol. The maximum Gasteiger partial charge on any atom is 0.280 e. The zero-order chi connectivity index (χ0) is 13.4. The van der Waals surface area contributed by atoms with E-state index in [9.17, 15) is 4.79 Å². The predicted octanol–water partition coefficient (Wildman–Crippen LogP) is -1.39. The van der Waals surface area contributed by atoms with E-state index in [2.05, 4.69) is 15.0 Å². The van der Waals surface area contributed by atoms with Crippen molar-refractivity contribution in [3.63, 3.8) is 0 Å². The van der Waals surface area contributed by atoms with Gasteiger partial charge in [0.25, 0.3) is 5.56 Å². The van der Waals surface area contributed by atoms with Crippen molar-refractivity contribution in [3.8, 4) is 0 Å². The second-order valence-electron chi connectivity index (χ2n) is 4.21. The van der Waals surface area contributed by atoms with Crippen molar-refractivity contribution in [1.29, 1.82) is 0 Å². The van der Waals surface area contributed by atoms with Crippen molar-refractivity contribution < 1.29 is 14.6 Å². The number of aromatic nitrogens is 4. The van der Waals surface area contributed by atoms with Crippen LogP contribution in [-0.2, 0) is 9.47 Å². The highest BCUT2D eigenvalue weighted by Crippen LogP contribution is 2.20. The Morgan fingerprint density at radius 1 is 1.58 bits per heavy atom. The Morgan fingerprint density at radius 2 is 2.42 bits per heavy atom. The molecule has 2 aromatic rings. The Labute approximate surface area is 107 Å². The van der Waals surface area contributed by atoms with Gasteiger partial charge < -0.3 is 20.3 Å². The number of aliphatic hydroxyl groups excluding tert-OH is 1. The number of nitrogens with one attached hydrogen (secondary N) is 1. The lowest BCUT2D eigenvalue weighted by Crippen LogP contribution is -2.36. The van der Waals surface area contributed by atoms with E-state index in [4.69, 9.17) is 20.3 Å². The first-order valence-corrected chi connectivity index (χ1v) is 5.75. The van der Waals surface area contributed by atoms with Gasteiger partial charge in [-0.15, -0.1) is 0 Å². The number of imidazole rings is 1. The highest BCUT2D eigenvalue weighted by atomic mass is 16.6. The van der Waals surface area contributed by atoms with Crippen molar-refractivity contribution in [2.24, 2.45) is 0 Å². The van der Waals surface area contributed by atoms with E-state index >= 15 is 0 Å². The number of rotatable bonds is 2. The molecule has 19 heavy (non-hydrogen) atoms. The Hall–Kier alpha value is -1.97. The highest BCUT2D eigenvalue weighted by Gasteiger charge is 2.25. The van der Waals surface area contributed by atoms with Gasteiger partial charge in [-0.05, 0) is 0 Å². The van der Waals surface area contributed by atoms with Gasteiger partial charge in [-0.1, -0.05) is 0 Å². The molecular weight excluding hydrogens is 254 g/mol. The monoisotopic (exact) mass is 267 g/mol. The van der Waals surface area contributed by atoms with Crippen LogP contribution in [0.1, 0.15) is 6.23 Å². The van der Waals surface area contributed by atoms with E-state index in [1.165, 1.54) is 6.33 Å². The van der Waals surface area contributed by atoms with Crippen LogP contribution in [0.25, 0.3) is 11.2 Å². The summed E-state index contributed by atoms with van der Waals surface area (Å²) in [6.07, 6.45) is 0.542. The van der Waals surface area contributed by atoms with Crippen LogP contribution in [0.15, 0.2) is 11.1 Å². The fourth-order valence-electron chi connectivity index (χ4n) is 2.00. The van der Waals surface area contributed by atoms with Gasteiger partial charge in [0.1, 0.15) is 6.10 Å². The molecule has 2 atom stereocenters. The summed E-state index contributed by atoms with van der Waals surface area (Å²) in [4.78, 5) is 22.1. The molecule has 0 radical (unpaired) electrons. The smallest absolute Gasteiger partial charge is 0.280 e. The number of nitrogens with two attached hydrogens (primary N) is 1. The van der Waals surface area contributed by atoms with Gasteiger partial charge in [-0.25, -0.2) is 4.98 Å². The molecule has 1 aliphatic heterocycles. The zero-order valence-corrected chi connectivity index (χ0v) is 9.94. The summed E-state index contributed by atoms with van der Waals surface area (Å²) < 4.78 is 12.5. The minimum atomic E-state index is -0.496. The maximum atomic E-state index is 11.7. The molecule has 0 unspecified atom stereocenters. The van der Waals surface area contributed by atoms with Gasteiger partial charge >= 0.3 is 0 Å². The lowest BCUT2D eigenvalue weighted by molar-refractivity contribution is -0.177. The van der Waals surface area contributed by atoms with Gasteiger partial charge in [-0.2, -0.15) is 4.98 Å². The Bertz CT molecular complexity index is 651. The van der Waals surface area contributed by atoms with Crippen LogP contribution in [0, 0.1) is 0 Å². The van der Waals surface area contributed by atoms with Crippen molar-refractivity contribution in [3.05, 3.63) is 16.7 Å². The zero-order valence-electron chi connectivity index (χ0n) is 9.94. The van der Waals surface area contributed by atoms with Gasteiger partial charge in [-0.3, -0.25) is 14.3 Å². The molecule has 4 N–H and O–H groups in total. The molecular formula is C10H13N5O4. The van der Waals surface area contributed by atoms with Gasteiger partial charge in [0.05, 0.1) is 26.1 Å². The number of aliphatic hydroxyl groups is 1. The topological polar surface area (TPSA) is 128 Å². The first-order valence-electron chi connectivity index (χ1n) is 5.75. The number of fused-ring (bicyclic) bond motifs is 1. The van der Waals surface area contributed by atoms with Crippen LogP contribution in [0.3, 0.4) is 0 Å². The second kappa shape index (κ2) is 4.61. The number of aromatic amines is 1. The van der Waals surface area contributed by atoms with Crippen LogP contribution in [0.5, 0.6) is 0 Å². The number of H-pyrrole nitrogens is 1. The molecule has 0 spiro atoms. The summed E-state index contributed by atoms with van der Waals surface area (Å²) >= 11 is 0. The largest absolute Gasteiger partial charge is 0.394 e. The fourth-order valence-corrected chi connectivity index (χ4v) is 2.00. The summed E-state index contributed by atoms with van der Waals surface area (Å²) in [5, 5.41) is 9.09. The van der Waals surface area contributed by atoms with E-state index in [1.807, 2.05) is 0 Å². The van der Waals surface area contributed by atoms with E-state index in [-0.39, 0.29) is 24.7 Å². The number of hydrogen-bond donors (Lipinski definition) is 3. The van der Waals surface area contributed by atoms with Crippen LogP contribution < -0.4 is 11.3 Å². The number of nitrogen functional groups attached to an aromatic ring is 1. The number of anilines is 1. The molecule has 0 amide bonds. The molecule has 3 rings (SSSR count). The highest BCUT2D eigenvalue weighted by molar-refractivity contribution is 5.70. The molecule has 9 heteroatoms. The van der Waals surface area contributed by atoms with Gasteiger partial charge in [0.15, 0.2) is 17.4 Å². The predicted molar refractivity (Wildman–Crippen MR) is 64.4 cm³/mol. The molecule has 1 aliphatic rings. The summed E-state index contributed by atoms with van der Waals surface area (Å²) in [6.45, 7) is 0.478. The van der Waals surface area contributed by atoms with Crippen molar-refractivity contribution in [1.82, 2.24) is 19.5 Å². The van der Waals surface area contributed by atoms with Crippen LogP contribution in [0.2, 0.25) is 0 Å². The third-order valence-corrected chi connectivity index (χ3v) is 2.88. The molecule has 0 bridgehead atoms. The molecule has 3 heterocycles. The van der Waals surface area contributed by atoms with Crippen molar-refractivity contribution >= 4 is 17.1 Å². The Morgan fingerprint density at radius 3 is 3.21 bits per heavy atom. The molecule has 0 saturated carbocycles. The van der Waals surface area contributed by atoms with Crippen LogP contribution in [-0.4, -0.2) is 50.6 Å². The van der Waals surface area contributed by atoms with E-state index in [0.717, 1.165) is 0 Å². The molecule has 1 fully saturated rings. The lowest BCUT2D eigenvalue weighted by Gasteiger charge is -2.29. The number of hydrogen-bond acceptors (Lipinski definition) is 7. The lowest BCUT2D eigenvalue weighted by atomic mass is 10.3. The molecule has 9 nitrogen and oxygen atoms in total. The van der Waals surface area contributed by atoms with Crippen LogP contribution >= 0.6 is 0 Å². The molecule has 1 saturated heterocycles. The van der Waals surface area contributed by atoms with E-state index in [1.54, 1.807) is 4.57 Å². The fraction of sp³-hybridized carbons (Fsp3) is 0.500. The minimum Gasteiger partial charge on any atom is -0.394 e. The molecule has 102 valence electrons. The molecule has 0 aromatic carbocycles.